The van der Waals surface area contributed by atoms with E-state index in [1.54, 1.807) is 12.4 Å². The van der Waals surface area contributed by atoms with Crippen LogP contribution in [0.15, 0.2) is 36.9 Å². The van der Waals surface area contributed by atoms with Gasteiger partial charge in [0.2, 0.25) is 0 Å². The Kier molecular flexibility index (Phi) is 3.39. The third-order valence-corrected chi connectivity index (χ3v) is 3.36. The van der Waals surface area contributed by atoms with Crippen LogP contribution in [-0.4, -0.2) is 16.6 Å². The van der Waals surface area contributed by atoms with Crippen molar-refractivity contribution in [3.63, 3.8) is 0 Å². The van der Waals surface area contributed by atoms with Gasteiger partial charge >= 0.3 is 0 Å². The molecule has 5 nitrogen and oxygen atoms in total. The maximum atomic E-state index is 5.82. The van der Waals surface area contributed by atoms with Crippen molar-refractivity contribution in [2.75, 3.05) is 6.61 Å². The van der Waals surface area contributed by atoms with Crippen molar-refractivity contribution in [2.24, 2.45) is 5.84 Å². The van der Waals surface area contributed by atoms with Crippen LogP contribution in [0.4, 0.5) is 0 Å². The number of rotatable bonds is 3. The average molecular weight is 256 g/mol. The van der Waals surface area contributed by atoms with Crippen LogP contribution in [0.3, 0.4) is 0 Å². The molecule has 0 saturated heterocycles. The van der Waals surface area contributed by atoms with Gasteiger partial charge in [0.25, 0.3) is 0 Å². The molecule has 0 aliphatic carbocycles. The van der Waals surface area contributed by atoms with Gasteiger partial charge in [0.15, 0.2) is 0 Å². The molecule has 2 aromatic rings. The predicted molar refractivity (Wildman–Crippen MR) is 71.5 cm³/mol. The summed E-state index contributed by atoms with van der Waals surface area (Å²) in [5.41, 5.74) is 6.02. The summed E-state index contributed by atoms with van der Waals surface area (Å²) >= 11 is 0. The molecule has 0 fully saturated rings. The molecule has 1 aromatic carbocycles. The van der Waals surface area contributed by atoms with Crippen LogP contribution in [0.25, 0.3) is 0 Å². The standard InChI is InChI=1S/C14H16N4O/c15-18-13(11-7-16-9-17-8-11)12-5-1-3-10-4-2-6-19-14(10)12/h1,3,5,7-9,13,18H,2,4,6,15H2. The smallest absolute Gasteiger partial charge is 0.127 e. The molecule has 1 aromatic heterocycles. The van der Waals surface area contributed by atoms with Crippen LogP contribution in [0.5, 0.6) is 5.75 Å². The maximum Gasteiger partial charge on any atom is 0.127 e. The molecule has 0 amide bonds. The predicted octanol–water partition coefficient (Wildman–Crippen LogP) is 1.35. The van der Waals surface area contributed by atoms with Gasteiger partial charge in [-0.05, 0) is 18.4 Å². The summed E-state index contributed by atoms with van der Waals surface area (Å²) in [6, 6.07) is 6.01. The second kappa shape index (κ2) is 5.34. The second-order valence-electron chi connectivity index (χ2n) is 4.56. The molecule has 0 spiro atoms. The molecular formula is C14H16N4O. The lowest BCUT2D eigenvalue weighted by Gasteiger charge is -2.24. The van der Waals surface area contributed by atoms with Crippen molar-refractivity contribution in [3.05, 3.63) is 53.6 Å². The Morgan fingerprint density at radius 3 is 2.89 bits per heavy atom. The van der Waals surface area contributed by atoms with Crippen molar-refractivity contribution in [3.8, 4) is 5.75 Å². The van der Waals surface area contributed by atoms with E-state index >= 15 is 0 Å². The van der Waals surface area contributed by atoms with Crippen LogP contribution in [0, 0.1) is 0 Å². The first-order chi connectivity index (χ1) is 9.40. The van der Waals surface area contributed by atoms with Gasteiger partial charge in [-0.15, -0.1) is 0 Å². The van der Waals surface area contributed by atoms with Gasteiger partial charge in [-0.25, -0.2) is 15.4 Å². The van der Waals surface area contributed by atoms with Gasteiger partial charge in [-0.1, -0.05) is 18.2 Å². The van der Waals surface area contributed by atoms with E-state index in [1.165, 1.54) is 11.9 Å². The Bertz CT molecular complexity index is 559. The zero-order chi connectivity index (χ0) is 13.1. The van der Waals surface area contributed by atoms with E-state index in [4.69, 9.17) is 10.6 Å². The number of nitrogens with one attached hydrogen (secondary N) is 1. The number of nitrogens with zero attached hydrogens (tertiary/aromatic N) is 2. The van der Waals surface area contributed by atoms with Crippen LogP contribution >= 0.6 is 0 Å². The van der Waals surface area contributed by atoms with Gasteiger partial charge in [0.1, 0.15) is 12.1 Å². The van der Waals surface area contributed by atoms with E-state index in [0.717, 1.165) is 36.3 Å². The number of hydrazine groups is 1. The highest BCUT2D eigenvalue weighted by Crippen LogP contribution is 2.34. The summed E-state index contributed by atoms with van der Waals surface area (Å²) in [5, 5.41) is 0. The number of aromatic nitrogens is 2. The molecule has 0 bridgehead atoms. The highest BCUT2D eigenvalue weighted by Gasteiger charge is 2.21. The molecule has 1 unspecified atom stereocenters. The number of benzene rings is 1. The van der Waals surface area contributed by atoms with Crippen molar-refractivity contribution in [1.29, 1.82) is 0 Å². The number of fused-ring (bicyclic) bond motifs is 1. The highest BCUT2D eigenvalue weighted by atomic mass is 16.5. The van der Waals surface area contributed by atoms with Gasteiger partial charge in [-0.2, -0.15) is 0 Å². The number of ether oxygens (including phenoxy) is 1. The third kappa shape index (κ3) is 2.30. The largest absolute Gasteiger partial charge is 0.493 e. The lowest BCUT2D eigenvalue weighted by atomic mass is 9.95. The summed E-state index contributed by atoms with van der Waals surface area (Å²) in [4.78, 5) is 8.09. The Balaban J connectivity index is 2.05. The monoisotopic (exact) mass is 256 g/mol. The molecule has 2 heterocycles. The number of hydrogen-bond donors (Lipinski definition) is 2. The minimum Gasteiger partial charge on any atom is -0.493 e. The quantitative estimate of drug-likeness (QED) is 0.640. The zero-order valence-electron chi connectivity index (χ0n) is 10.5. The van der Waals surface area contributed by atoms with E-state index in [2.05, 4.69) is 21.5 Å². The minimum atomic E-state index is -0.158. The second-order valence-corrected chi connectivity index (χ2v) is 4.56. The van der Waals surface area contributed by atoms with E-state index < -0.39 is 0 Å². The number of nitrogens with two attached hydrogens (primary N) is 1. The Hall–Kier alpha value is -1.98. The minimum absolute atomic E-state index is 0.158. The van der Waals surface area contributed by atoms with Gasteiger partial charge < -0.3 is 4.74 Å². The lowest BCUT2D eigenvalue weighted by Crippen LogP contribution is -2.30. The maximum absolute atomic E-state index is 5.82. The van der Waals surface area contributed by atoms with E-state index in [1.807, 2.05) is 12.1 Å². The number of hydrogen-bond acceptors (Lipinski definition) is 5. The molecule has 1 atom stereocenters. The van der Waals surface area contributed by atoms with Gasteiger partial charge in [0, 0.05) is 23.5 Å². The molecule has 19 heavy (non-hydrogen) atoms. The summed E-state index contributed by atoms with van der Waals surface area (Å²) < 4.78 is 5.82. The Labute approximate surface area is 111 Å². The SMILES string of the molecule is NNC(c1cncnc1)c1cccc2c1OCCC2. The molecular weight excluding hydrogens is 240 g/mol. The van der Waals surface area contributed by atoms with Crippen LogP contribution in [-0.2, 0) is 6.42 Å². The normalized spacial score (nSPS) is 15.4. The summed E-state index contributed by atoms with van der Waals surface area (Å²) in [5.74, 6) is 6.65. The zero-order valence-corrected chi connectivity index (χ0v) is 10.5. The number of para-hydroxylation sites is 1. The Morgan fingerprint density at radius 2 is 2.11 bits per heavy atom. The van der Waals surface area contributed by atoms with Crippen LogP contribution in [0.1, 0.15) is 29.2 Å². The molecule has 0 radical (unpaired) electrons. The molecule has 5 heteroatoms. The first-order valence-electron chi connectivity index (χ1n) is 6.36. The van der Waals surface area contributed by atoms with Crippen molar-refractivity contribution in [2.45, 2.75) is 18.9 Å². The van der Waals surface area contributed by atoms with Crippen LogP contribution in [0.2, 0.25) is 0 Å². The molecule has 3 N–H and O–H groups in total. The summed E-state index contributed by atoms with van der Waals surface area (Å²) in [7, 11) is 0. The molecule has 1 aliphatic heterocycles. The first kappa shape index (κ1) is 12.1. The van der Waals surface area contributed by atoms with E-state index in [9.17, 15) is 0 Å². The van der Waals surface area contributed by atoms with Crippen molar-refractivity contribution >= 4 is 0 Å². The molecule has 1 aliphatic rings. The molecule has 98 valence electrons. The fourth-order valence-corrected chi connectivity index (χ4v) is 2.47. The molecule has 0 saturated carbocycles. The fourth-order valence-electron chi connectivity index (χ4n) is 2.47. The van der Waals surface area contributed by atoms with Gasteiger partial charge in [0.05, 0.1) is 12.6 Å². The van der Waals surface area contributed by atoms with Crippen molar-refractivity contribution in [1.82, 2.24) is 15.4 Å². The number of aryl methyl sites for hydroxylation is 1. The first-order valence-corrected chi connectivity index (χ1v) is 6.36. The lowest BCUT2D eigenvalue weighted by molar-refractivity contribution is 0.283. The van der Waals surface area contributed by atoms with Crippen molar-refractivity contribution < 1.29 is 4.74 Å². The van der Waals surface area contributed by atoms with E-state index in [-0.39, 0.29) is 6.04 Å². The highest BCUT2D eigenvalue weighted by molar-refractivity contribution is 5.47. The average Bonchev–Trinajstić information content (AvgIpc) is 2.49. The van der Waals surface area contributed by atoms with E-state index in [0.29, 0.717) is 0 Å². The summed E-state index contributed by atoms with van der Waals surface area (Å²) in [6.07, 6.45) is 7.14. The van der Waals surface area contributed by atoms with Gasteiger partial charge in [-0.3, -0.25) is 5.84 Å². The third-order valence-electron chi connectivity index (χ3n) is 3.36. The fraction of sp³-hybridized carbons (Fsp3) is 0.286. The topological polar surface area (TPSA) is 73.1 Å². The Morgan fingerprint density at radius 1 is 1.26 bits per heavy atom. The van der Waals surface area contributed by atoms with Crippen LogP contribution < -0.4 is 16.0 Å². The summed E-state index contributed by atoms with van der Waals surface area (Å²) in [6.45, 7) is 0.757. The molecule has 3 rings (SSSR count).